The second-order valence-electron chi connectivity index (χ2n) is 3.06. The van der Waals surface area contributed by atoms with E-state index in [4.69, 9.17) is 5.11 Å². The van der Waals surface area contributed by atoms with Crippen LogP contribution in [0.25, 0.3) is 0 Å². The van der Waals surface area contributed by atoms with Gasteiger partial charge in [0, 0.05) is 19.7 Å². The maximum Gasteiger partial charge on any atom is 0.315 e. The van der Waals surface area contributed by atoms with E-state index in [1.807, 2.05) is 0 Å². The van der Waals surface area contributed by atoms with Gasteiger partial charge >= 0.3 is 6.03 Å². The highest BCUT2D eigenvalue weighted by Crippen LogP contribution is 1.97. The first kappa shape index (κ1) is 13.0. The largest absolute Gasteiger partial charge is 0.396 e. The molecular weight excluding hydrogens is 180 g/mol. The lowest BCUT2D eigenvalue weighted by Crippen LogP contribution is -2.35. The molecule has 2 amide bonds. The number of rotatable bonds is 8. The molecule has 0 radical (unpaired) electrons. The molecule has 14 heavy (non-hydrogen) atoms. The van der Waals surface area contributed by atoms with Gasteiger partial charge < -0.3 is 15.7 Å². The standard InChI is InChI=1S/C10H20N2O2/c1-2-7-11-10(14)12-8-5-3-4-6-9-13/h2,13H,1,3-9H2,(H2,11,12,14). The number of hydrogen-bond acceptors (Lipinski definition) is 2. The molecule has 0 atom stereocenters. The lowest BCUT2D eigenvalue weighted by Gasteiger charge is -2.05. The van der Waals surface area contributed by atoms with Crippen LogP contribution in [-0.2, 0) is 0 Å². The van der Waals surface area contributed by atoms with Crippen LogP contribution < -0.4 is 10.6 Å². The van der Waals surface area contributed by atoms with Gasteiger partial charge in [-0.15, -0.1) is 6.58 Å². The second kappa shape index (κ2) is 10.1. The van der Waals surface area contributed by atoms with E-state index in [0.717, 1.165) is 25.7 Å². The second-order valence-corrected chi connectivity index (χ2v) is 3.06. The molecule has 0 heterocycles. The van der Waals surface area contributed by atoms with E-state index in [1.54, 1.807) is 6.08 Å². The average molecular weight is 200 g/mol. The lowest BCUT2D eigenvalue weighted by molar-refractivity contribution is 0.241. The fourth-order valence-corrected chi connectivity index (χ4v) is 1.02. The van der Waals surface area contributed by atoms with Crippen LogP contribution in [0.15, 0.2) is 12.7 Å². The number of aliphatic hydroxyl groups excluding tert-OH is 1. The summed E-state index contributed by atoms with van der Waals surface area (Å²) in [6, 6.07) is -0.146. The van der Waals surface area contributed by atoms with Crippen LogP contribution in [0.1, 0.15) is 25.7 Å². The van der Waals surface area contributed by atoms with Crippen LogP contribution in [0.3, 0.4) is 0 Å². The monoisotopic (exact) mass is 200 g/mol. The number of carbonyl (C=O) groups excluding carboxylic acids is 1. The summed E-state index contributed by atoms with van der Waals surface area (Å²) in [6.45, 7) is 4.94. The Labute approximate surface area is 85.4 Å². The molecule has 4 nitrogen and oxygen atoms in total. The van der Waals surface area contributed by atoms with Crippen molar-refractivity contribution in [2.24, 2.45) is 0 Å². The third kappa shape index (κ3) is 9.06. The third-order valence-electron chi connectivity index (χ3n) is 1.78. The molecule has 0 aliphatic heterocycles. The van der Waals surface area contributed by atoms with E-state index in [2.05, 4.69) is 17.2 Å². The molecular formula is C10H20N2O2. The number of amides is 2. The van der Waals surface area contributed by atoms with Gasteiger partial charge in [0.05, 0.1) is 0 Å². The van der Waals surface area contributed by atoms with Crippen molar-refractivity contribution in [3.63, 3.8) is 0 Å². The molecule has 4 heteroatoms. The number of carbonyl (C=O) groups is 1. The van der Waals surface area contributed by atoms with Gasteiger partial charge in [-0.3, -0.25) is 0 Å². The first-order chi connectivity index (χ1) is 6.81. The number of unbranched alkanes of at least 4 members (excludes halogenated alkanes) is 3. The van der Waals surface area contributed by atoms with E-state index >= 15 is 0 Å². The van der Waals surface area contributed by atoms with Crippen LogP contribution >= 0.6 is 0 Å². The van der Waals surface area contributed by atoms with Crippen molar-refractivity contribution in [1.82, 2.24) is 10.6 Å². The molecule has 0 aromatic heterocycles. The Bertz CT molecular complexity index is 160. The van der Waals surface area contributed by atoms with Gasteiger partial charge in [-0.25, -0.2) is 4.79 Å². The van der Waals surface area contributed by atoms with Crippen molar-refractivity contribution in [3.8, 4) is 0 Å². The fraction of sp³-hybridized carbons (Fsp3) is 0.700. The Morgan fingerprint density at radius 1 is 1.21 bits per heavy atom. The SMILES string of the molecule is C=CCNC(=O)NCCCCCCO. The topological polar surface area (TPSA) is 61.4 Å². The molecule has 0 bridgehead atoms. The van der Waals surface area contributed by atoms with E-state index in [1.165, 1.54) is 0 Å². The average Bonchev–Trinajstić information content (AvgIpc) is 2.20. The highest BCUT2D eigenvalue weighted by atomic mass is 16.2. The van der Waals surface area contributed by atoms with Crippen molar-refractivity contribution in [2.45, 2.75) is 25.7 Å². The van der Waals surface area contributed by atoms with Crippen LogP contribution in [-0.4, -0.2) is 30.8 Å². The smallest absolute Gasteiger partial charge is 0.315 e. The molecule has 0 aromatic rings. The fourth-order valence-electron chi connectivity index (χ4n) is 1.02. The Kier molecular flexibility index (Phi) is 9.31. The van der Waals surface area contributed by atoms with Crippen molar-refractivity contribution in [2.75, 3.05) is 19.7 Å². The minimum atomic E-state index is -0.146. The van der Waals surface area contributed by atoms with Gasteiger partial charge in [0.2, 0.25) is 0 Å². The zero-order chi connectivity index (χ0) is 10.6. The summed E-state index contributed by atoms with van der Waals surface area (Å²) in [6.07, 6.45) is 5.51. The van der Waals surface area contributed by atoms with Crippen LogP contribution in [0, 0.1) is 0 Å². The highest BCUT2D eigenvalue weighted by Gasteiger charge is 1.95. The van der Waals surface area contributed by atoms with Gasteiger partial charge in [-0.05, 0) is 12.8 Å². The molecule has 0 rings (SSSR count). The zero-order valence-corrected chi connectivity index (χ0v) is 8.59. The van der Waals surface area contributed by atoms with E-state index < -0.39 is 0 Å². The normalized spacial score (nSPS) is 9.50. The Hall–Kier alpha value is -1.03. The van der Waals surface area contributed by atoms with Crippen molar-refractivity contribution < 1.29 is 9.90 Å². The Morgan fingerprint density at radius 3 is 2.57 bits per heavy atom. The van der Waals surface area contributed by atoms with Crippen LogP contribution in [0.5, 0.6) is 0 Å². The maximum atomic E-state index is 11.0. The molecule has 0 spiro atoms. The van der Waals surface area contributed by atoms with Crippen molar-refractivity contribution in [3.05, 3.63) is 12.7 Å². The summed E-state index contributed by atoms with van der Waals surface area (Å²) in [5.74, 6) is 0. The van der Waals surface area contributed by atoms with Gasteiger partial charge in [-0.2, -0.15) is 0 Å². The van der Waals surface area contributed by atoms with Gasteiger partial charge in [0.1, 0.15) is 0 Å². The van der Waals surface area contributed by atoms with E-state index in [9.17, 15) is 4.79 Å². The highest BCUT2D eigenvalue weighted by molar-refractivity contribution is 5.73. The molecule has 82 valence electrons. The minimum Gasteiger partial charge on any atom is -0.396 e. The molecule has 0 unspecified atom stereocenters. The summed E-state index contributed by atoms with van der Waals surface area (Å²) < 4.78 is 0. The predicted molar refractivity (Wildman–Crippen MR) is 57.2 cm³/mol. The summed E-state index contributed by atoms with van der Waals surface area (Å²) >= 11 is 0. The van der Waals surface area contributed by atoms with Crippen molar-refractivity contribution in [1.29, 1.82) is 0 Å². The molecule has 0 saturated carbocycles. The summed E-state index contributed by atoms with van der Waals surface area (Å²) in [5.41, 5.74) is 0. The predicted octanol–water partition coefficient (Wildman–Crippen LogP) is 1.02. The number of nitrogens with one attached hydrogen (secondary N) is 2. The van der Waals surface area contributed by atoms with Crippen LogP contribution in [0.4, 0.5) is 4.79 Å². The zero-order valence-electron chi connectivity index (χ0n) is 8.59. The summed E-state index contributed by atoms with van der Waals surface area (Å²) in [4.78, 5) is 11.0. The number of hydrogen-bond donors (Lipinski definition) is 3. The first-order valence-electron chi connectivity index (χ1n) is 5.04. The molecule has 0 aliphatic rings. The van der Waals surface area contributed by atoms with Gasteiger partial charge in [-0.1, -0.05) is 18.9 Å². The van der Waals surface area contributed by atoms with Crippen molar-refractivity contribution >= 4 is 6.03 Å². The quantitative estimate of drug-likeness (QED) is 0.405. The van der Waals surface area contributed by atoms with E-state index in [-0.39, 0.29) is 12.6 Å². The molecule has 0 aromatic carbocycles. The summed E-state index contributed by atoms with van der Waals surface area (Å²) in [7, 11) is 0. The molecule has 3 N–H and O–H groups in total. The minimum absolute atomic E-state index is 0.146. The first-order valence-corrected chi connectivity index (χ1v) is 5.04. The van der Waals surface area contributed by atoms with Gasteiger partial charge in [0.15, 0.2) is 0 Å². The molecule has 0 aliphatic carbocycles. The molecule has 0 saturated heterocycles. The number of aliphatic hydroxyl groups is 1. The Morgan fingerprint density at radius 2 is 1.93 bits per heavy atom. The van der Waals surface area contributed by atoms with Gasteiger partial charge in [0.25, 0.3) is 0 Å². The maximum absolute atomic E-state index is 11.0. The number of urea groups is 1. The Balaban J connectivity index is 3.10. The third-order valence-corrected chi connectivity index (χ3v) is 1.78. The molecule has 0 fully saturated rings. The van der Waals surface area contributed by atoms with E-state index in [0.29, 0.717) is 13.1 Å². The lowest BCUT2D eigenvalue weighted by atomic mass is 10.2. The van der Waals surface area contributed by atoms with Crippen LogP contribution in [0.2, 0.25) is 0 Å². The summed E-state index contributed by atoms with van der Waals surface area (Å²) in [5, 5.41) is 13.9.